The lowest BCUT2D eigenvalue weighted by atomic mass is 10.2. The van der Waals surface area contributed by atoms with Gasteiger partial charge in [0.25, 0.3) is 11.5 Å². The van der Waals surface area contributed by atoms with E-state index in [1.807, 2.05) is 6.07 Å². The topological polar surface area (TPSA) is 101 Å². The molecule has 0 N–H and O–H groups in total. The predicted molar refractivity (Wildman–Crippen MR) is 105 cm³/mol. The highest BCUT2D eigenvalue weighted by Gasteiger charge is 2.26. The molecule has 1 fully saturated rings. The molecule has 0 aliphatic carbocycles. The fourth-order valence-corrected chi connectivity index (χ4v) is 3.43. The summed E-state index contributed by atoms with van der Waals surface area (Å²) in [5.41, 5.74) is 0.685. The quantitative estimate of drug-likeness (QED) is 0.643. The number of rotatable bonds is 3. The molecule has 2 aromatic heterocycles. The number of carbonyl (C=O) groups excluding carboxylic acids is 2. The van der Waals surface area contributed by atoms with Gasteiger partial charge in [0.1, 0.15) is 18.1 Å². The SMILES string of the molecule is Cc1nc2ccccc2c(=O)n1CC(=O)N1CCN(C(=O)c2cnccn2)CC1. The first-order valence-corrected chi connectivity index (χ1v) is 9.34. The van der Waals surface area contributed by atoms with E-state index in [1.165, 1.54) is 23.2 Å². The zero-order chi connectivity index (χ0) is 20.4. The number of piperazine rings is 1. The molecule has 3 heterocycles. The second-order valence-corrected chi connectivity index (χ2v) is 6.83. The molecule has 9 nitrogen and oxygen atoms in total. The average molecular weight is 392 g/mol. The van der Waals surface area contributed by atoms with Gasteiger partial charge in [0, 0.05) is 38.6 Å². The Morgan fingerprint density at radius 2 is 1.76 bits per heavy atom. The van der Waals surface area contributed by atoms with Gasteiger partial charge in [0.05, 0.1) is 17.1 Å². The lowest BCUT2D eigenvalue weighted by Crippen LogP contribution is -2.51. The van der Waals surface area contributed by atoms with E-state index in [2.05, 4.69) is 15.0 Å². The molecule has 2 amide bonds. The molecule has 0 unspecified atom stereocenters. The molecule has 0 radical (unpaired) electrons. The van der Waals surface area contributed by atoms with Crippen LogP contribution in [0.3, 0.4) is 0 Å². The van der Waals surface area contributed by atoms with E-state index in [0.717, 1.165) is 0 Å². The Labute approximate surface area is 166 Å². The maximum absolute atomic E-state index is 12.8. The number of aromatic nitrogens is 4. The molecule has 29 heavy (non-hydrogen) atoms. The zero-order valence-electron chi connectivity index (χ0n) is 16.0. The number of carbonyl (C=O) groups is 2. The third-order valence-corrected chi connectivity index (χ3v) is 5.05. The van der Waals surface area contributed by atoms with Crippen LogP contribution >= 0.6 is 0 Å². The number of para-hydroxylation sites is 1. The molecule has 1 aliphatic rings. The van der Waals surface area contributed by atoms with Crippen LogP contribution in [0.1, 0.15) is 16.3 Å². The second-order valence-electron chi connectivity index (χ2n) is 6.83. The van der Waals surface area contributed by atoms with Gasteiger partial charge in [-0.1, -0.05) is 12.1 Å². The highest BCUT2D eigenvalue weighted by Crippen LogP contribution is 2.10. The van der Waals surface area contributed by atoms with E-state index < -0.39 is 0 Å². The van der Waals surface area contributed by atoms with Gasteiger partial charge in [-0.15, -0.1) is 0 Å². The molecule has 1 aromatic carbocycles. The Bertz CT molecular complexity index is 1120. The molecular formula is C20H20N6O3. The summed E-state index contributed by atoms with van der Waals surface area (Å²) in [6, 6.07) is 7.09. The van der Waals surface area contributed by atoms with Crippen molar-refractivity contribution in [2.75, 3.05) is 26.2 Å². The minimum Gasteiger partial charge on any atom is -0.338 e. The summed E-state index contributed by atoms with van der Waals surface area (Å²) in [6.45, 7) is 3.27. The van der Waals surface area contributed by atoms with Crippen LogP contribution in [0.15, 0.2) is 47.7 Å². The Morgan fingerprint density at radius 1 is 1.03 bits per heavy atom. The summed E-state index contributed by atoms with van der Waals surface area (Å²) in [7, 11) is 0. The number of fused-ring (bicyclic) bond motifs is 1. The van der Waals surface area contributed by atoms with E-state index in [9.17, 15) is 14.4 Å². The van der Waals surface area contributed by atoms with Crippen LogP contribution < -0.4 is 5.56 Å². The Kier molecular flexibility index (Phi) is 5.03. The van der Waals surface area contributed by atoms with Crippen LogP contribution in [0.25, 0.3) is 10.9 Å². The monoisotopic (exact) mass is 392 g/mol. The molecule has 1 saturated heterocycles. The number of benzene rings is 1. The molecule has 4 rings (SSSR count). The lowest BCUT2D eigenvalue weighted by Gasteiger charge is -2.34. The average Bonchev–Trinajstić information content (AvgIpc) is 2.76. The first kappa shape index (κ1) is 18.7. The maximum atomic E-state index is 12.8. The summed E-state index contributed by atoms with van der Waals surface area (Å²) in [4.78, 5) is 53.7. The number of aryl methyl sites for hydroxylation is 1. The maximum Gasteiger partial charge on any atom is 0.274 e. The fourth-order valence-electron chi connectivity index (χ4n) is 3.43. The van der Waals surface area contributed by atoms with Gasteiger partial charge in [-0.3, -0.25) is 23.9 Å². The molecule has 0 spiro atoms. The summed E-state index contributed by atoms with van der Waals surface area (Å²) in [5, 5.41) is 0.491. The van der Waals surface area contributed by atoms with Crippen LogP contribution in [-0.4, -0.2) is 67.3 Å². The van der Waals surface area contributed by atoms with Crippen molar-refractivity contribution in [3.05, 3.63) is 64.7 Å². The Morgan fingerprint density at radius 3 is 2.48 bits per heavy atom. The van der Waals surface area contributed by atoms with Crippen LogP contribution in [0.5, 0.6) is 0 Å². The molecule has 148 valence electrons. The highest BCUT2D eigenvalue weighted by atomic mass is 16.2. The smallest absolute Gasteiger partial charge is 0.274 e. The van der Waals surface area contributed by atoms with Gasteiger partial charge in [-0.05, 0) is 19.1 Å². The van der Waals surface area contributed by atoms with Crippen molar-refractivity contribution in [1.82, 2.24) is 29.3 Å². The van der Waals surface area contributed by atoms with E-state index in [-0.39, 0.29) is 29.6 Å². The van der Waals surface area contributed by atoms with Crippen LogP contribution in [0, 0.1) is 6.92 Å². The zero-order valence-corrected chi connectivity index (χ0v) is 16.0. The first-order chi connectivity index (χ1) is 14.0. The summed E-state index contributed by atoms with van der Waals surface area (Å²) in [6.07, 6.45) is 4.42. The molecule has 1 aliphatic heterocycles. The number of hydrogen-bond acceptors (Lipinski definition) is 6. The summed E-state index contributed by atoms with van der Waals surface area (Å²) >= 11 is 0. The van der Waals surface area contributed by atoms with E-state index in [4.69, 9.17) is 0 Å². The van der Waals surface area contributed by atoms with Gasteiger partial charge < -0.3 is 9.80 Å². The van der Waals surface area contributed by atoms with Gasteiger partial charge in [0.2, 0.25) is 5.91 Å². The van der Waals surface area contributed by atoms with Crippen molar-refractivity contribution in [1.29, 1.82) is 0 Å². The summed E-state index contributed by atoms with van der Waals surface area (Å²) in [5.74, 6) is 0.133. The van der Waals surface area contributed by atoms with Gasteiger partial charge >= 0.3 is 0 Å². The molecular weight excluding hydrogens is 372 g/mol. The van der Waals surface area contributed by atoms with Crippen molar-refractivity contribution >= 4 is 22.7 Å². The molecule has 3 aromatic rings. The molecule has 9 heteroatoms. The third kappa shape index (κ3) is 3.71. The summed E-state index contributed by atoms with van der Waals surface area (Å²) < 4.78 is 1.40. The third-order valence-electron chi connectivity index (χ3n) is 5.05. The second kappa shape index (κ2) is 7.78. The minimum atomic E-state index is -0.224. The minimum absolute atomic E-state index is 0.0688. The highest BCUT2D eigenvalue weighted by molar-refractivity contribution is 5.92. The fraction of sp³-hybridized carbons (Fsp3) is 0.300. The van der Waals surface area contributed by atoms with Gasteiger partial charge in [-0.2, -0.15) is 0 Å². The van der Waals surface area contributed by atoms with Gasteiger partial charge in [-0.25, -0.2) is 9.97 Å². The van der Waals surface area contributed by atoms with Crippen LogP contribution in [-0.2, 0) is 11.3 Å². The van der Waals surface area contributed by atoms with E-state index >= 15 is 0 Å². The van der Waals surface area contributed by atoms with Crippen molar-refractivity contribution in [2.45, 2.75) is 13.5 Å². The number of amides is 2. The largest absolute Gasteiger partial charge is 0.338 e. The standard InChI is InChI=1S/C20H20N6O3/c1-14-23-16-5-3-2-4-15(16)19(28)26(14)13-18(27)24-8-10-25(11-9-24)20(29)17-12-21-6-7-22-17/h2-7,12H,8-11,13H2,1H3. The van der Waals surface area contributed by atoms with Gasteiger partial charge in [0.15, 0.2) is 0 Å². The van der Waals surface area contributed by atoms with Crippen molar-refractivity contribution in [3.8, 4) is 0 Å². The van der Waals surface area contributed by atoms with E-state index in [1.54, 1.807) is 34.9 Å². The van der Waals surface area contributed by atoms with Crippen molar-refractivity contribution in [3.63, 3.8) is 0 Å². The Hall–Kier alpha value is -3.62. The van der Waals surface area contributed by atoms with Crippen LogP contribution in [0.2, 0.25) is 0 Å². The lowest BCUT2D eigenvalue weighted by molar-refractivity contribution is -0.133. The number of hydrogen-bond donors (Lipinski definition) is 0. The van der Waals surface area contributed by atoms with E-state index in [0.29, 0.717) is 42.9 Å². The molecule has 0 atom stereocenters. The van der Waals surface area contributed by atoms with Crippen LogP contribution in [0.4, 0.5) is 0 Å². The van der Waals surface area contributed by atoms with Crippen molar-refractivity contribution in [2.24, 2.45) is 0 Å². The predicted octanol–water partition coefficient (Wildman–Crippen LogP) is 0.480. The first-order valence-electron chi connectivity index (χ1n) is 9.34. The normalized spacial score (nSPS) is 14.2. The molecule has 0 bridgehead atoms. The number of nitrogens with zero attached hydrogens (tertiary/aromatic N) is 6. The Balaban J connectivity index is 1.44. The van der Waals surface area contributed by atoms with Crippen molar-refractivity contribution < 1.29 is 9.59 Å². The molecule has 0 saturated carbocycles.